The molecule has 0 aliphatic heterocycles. The van der Waals surface area contributed by atoms with Gasteiger partial charge in [-0.2, -0.15) is 0 Å². The largest absolute Gasteiger partial charge is 0.497 e. The summed E-state index contributed by atoms with van der Waals surface area (Å²) in [5, 5.41) is 0. The molecule has 2 N–H and O–H groups in total. The Kier molecular flexibility index (Phi) is 4.07. The Morgan fingerprint density at radius 3 is 1.94 bits per heavy atom. The second-order valence-electron chi connectivity index (χ2n) is 3.63. The molecule has 17 heavy (non-hydrogen) atoms. The van der Waals surface area contributed by atoms with Crippen LogP contribution in [0.25, 0.3) is 0 Å². The van der Waals surface area contributed by atoms with Gasteiger partial charge in [0.05, 0.1) is 7.11 Å². The van der Waals surface area contributed by atoms with Gasteiger partial charge in [0.25, 0.3) is 0 Å². The minimum absolute atomic E-state index is 0.591. The third-order valence-corrected chi connectivity index (χ3v) is 3.47. The lowest BCUT2D eigenvalue weighted by atomic mass is 10.2. The van der Waals surface area contributed by atoms with E-state index in [1.54, 1.807) is 18.9 Å². The molecule has 0 aliphatic rings. The van der Waals surface area contributed by atoms with Gasteiger partial charge in [0.15, 0.2) is 0 Å². The van der Waals surface area contributed by atoms with Gasteiger partial charge in [-0.1, -0.05) is 23.9 Å². The summed E-state index contributed by atoms with van der Waals surface area (Å²) in [5.74, 6) is 0.882. The van der Waals surface area contributed by atoms with E-state index in [0.717, 1.165) is 11.3 Å². The summed E-state index contributed by atoms with van der Waals surface area (Å²) in [5.41, 5.74) is 6.72. The lowest BCUT2D eigenvalue weighted by molar-refractivity contribution is 0.414. The van der Waals surface area contributed by atoms with Crippen molar-refractivity contribution < 1.29 is 4.74 Å². The molecule has 0 aromatic heterocycles. The van der Waals surface area contributed by atoms with Crippen molar-refractivity contribution in [2.75, 3.05) is 7.11 Å². The fourth-order valence-electron chi connectivity index (χ4n) is 1.47. The molecule has 88 valence electrons. The zero-order valence-corrected chi connectivity index (χ0v) is 10.5. The van der Waals surface area contributed by atoms with Crippen molar-refractivity contribution in [3.05, 3.63) is 54.1 Å². The van der Waals surface area contributed by atoms with Crippen LogP contribution < -0.4 is 10.5 Å². The molecular formula is C14H15NOS. The molecule has 0 spiro atoms. The van der Waals surface area contributed by atoms with Crippen LogP contribution in [-0.4, -0.2) is 7.11 Å². The Morgan fingerprint density at radius 2 is 1.47 bits per heavy atom. The van der Waals surface area contributed by atoms with Crippen molar-refractivity contribution in [2.45, 2.75) is 16.3 Å². The molecule has 2 aromatic carbocycles. The third-order valence-electron chi connectivity index (χ3n) is 2.45. The highest BCUT2D eigenvalue weighted by Crippen LogP contribution is 2.28. The van der Waals surface area contributed by atoms with E-state index in [1.807, 2.05) is 12.1 Å². The molecule has 0 amide bonds. The van der Waals surface area contributed by atoms with Crippen LogP contribution in [0.4, 0.5) is 0 Å². The molecule has 0 saturated heterocycles. The topological polar surface area (TPSA) is 35.2 Å². The number of benzene rings is 2. The van der Waals surface area contributed by atoms with Gasteiger partial charge in [-0.3, -0.25) is 0 Å². The number of hydrogen-bond donors (Lipinski definition) is 1. The van der Waals surface area contributed by atoms with Crippen molar-refractivity contribution in [3.63, 3.8) is 0 Å². The van der Waals surface area contributed by atoms with Gasteiger partial charge >= 0.3 is 0 Å². The molecular weight excluding hydrogens is 230 g/mol. The van der Waals surface area contributed by atoms with Crippen LogP contribution in [0.1, 0.15) is 5.56 Å². The van der Waals surface area contributed by atoms with E-state index >= 15 is 0 Å². The molecule has 2 aromatic rings. The quantitative estimate of drug-likeness (QED) is 0.897. The van der Waals surface area contributed by atoms with E-state index in [4.69, 9.17) is 10.5 Å². The van der Waals surface area contributed by atoms with Gasteiger partial charge in [0, 0.05) is 16.3 Å². The summed E-state index contributed by atoms with van der Waals surface area (Å²) < 4.78 is 5.13. The summed E-state index contributed by atoms with van der Waals surface area (Å²) >= 11 is 1.73. The van der Waals surface area contributed by atoms with Crippen molar-refractivity contribution in [3.8, 4) is 5.75 Å². The number of nitrogens with two attached hydrogens (primary N) is 1. The van der Waals surface area contributed by atoms with Crippen LogP contribution in [0, 0.1) is 0 Å². The summed E-state index contributed by atoms with van der Waals surface area (Å²) in [6.07, 6.45) is 0. The first-order valence-corrected chi connectivity index (χ1v) is 6.24. The summed E-state index contributed by atoms with van der Waals surface area (Å²) in [6.45, 7) is 0.591. The monoisotopic (exact) mass is 245 g/mol. The van der Waals surface area contributed by atoms with Crippen LogP contribution in [0.15, 0.2) is 58.3 Å². The molecule has 0 aliphatic carbocycles. The maximum atomic E-state index is 5.56. The average Bonchev–Trinajstić information content (AvgIpc) is 2.40. The van der Waals surface area contributed by atoms with Gasteiger partial charge in [-0.25, -0.2) is 0 Å². The lowest BCUT2D eigenvalue weighted by Crippen LogP contribution is -1.94. The Balaban J connectivity index is 2.08. The van der Waals surface area contributed by atoms with Crippen molar-refractivity contribution in [1.29, 1.82) is 0 Å². The van der Waals surface area contributed by atoms with E-state index < -0.39 is 0 Å². The average molecular weight is 245 g/mol. The van der Waals surface area contributed by atoms with Gasteiger partial charge in [-0.05, 0) is 42.0 Å². The maximum absolute atomic E-state index is 5.56. The lowest BCUT2D eigenvalue weighted by Gasteiger charge is -2.04. The molecule has 3 heteroatoms. The smallest absolute Gasteiger partial charge is 0.118 e. The summed E-state index contributed by atoms with van der Waals surface area (Å²) in [4.78, 5) is 2.42. The third kappa shape index (κ3) is 3.25. The van der Waals surface area contributed by atoms with E-state index in [1.165, 1.54) is 9.79 Å². The molecule has 0 bridgehead atoms. The normalized spacial score (nSPS) is 10.2. The predicted molar refractivity (Wildman–Crippen MR) is 71.5 cm³/mol. The Hall–Kier alpha value is -1.45. The fourth-order valence-corrected chi connectivity index (χ4v) is 2.29. The minimum Gasteiger partial charge on any atom is -0.497 e. The SMILES string of the molecule is COc1ccc(Sc2ccc(CN)cc2)cc1. The molecule has 0 heterocycles. The van der Waals surface area contributed by atoms with Crippen LogP contribution >= 0.6 is 11.8 Å². The van der Waals surface area contributed by atoms with Crippen molar-refractivity contribution in [2.24, 2.45) is 5.73 Å². The van der Waals surface area contributed by atoms with Crippen LogP contribution in [0.5, 0.6) is 5.75 Å². The Labute approximate surface area is 106 Å². The number of rotatable bonds is 4. The minimum atomic E-state index is 0.591. The van der Waals surface area contributed by atoms with Crippen LogP contribution in [0.2, 0.25) is 0 Å². The second kappa shape index (κ2) is 5.75. The first kappa shape index (κ1) is 12.0. The summed E-state index contributed by atoms with van der Waals surface area (Å²) in [6, 6.07) is 16.4. The van der Waals surface area contributed by atoms with E-state index in [9.17, 15) is 0 Å². The molecule has 0 radical (unpaired) electrons. The van der Waals surface area contributed by atoms with Gasteiger partial charge in [0.2, 0.25) is 0 Å². The number of methoxy groups -OCH3 is 1. The fraction of sp³-hybridized carbons (Fsp3) is 0.143. The first-order chi connectivity index (χ1) is 8.31. The van der Waals surface area contributed by atoms with Crippen LogP contribution in [-0.2, 0) is 6.54 Å². The highest BCUT2D eigenvalue weighted by atomic mass is 32.2. The van der Waals surface area contributed by atoms with E-state index in [0.29, 0.717) is 6.54 Å². The first-order valence-electron chi connectivity index (χ1n) is 5.43. The zero-order valence-electron chi connectivity index (χ0n) is 9.72. The second-order valence-corrected chi connectivity index (χ2v) is 4.77. The molecule has 2 nitrogen and oxygen atoms in total. The van der Waals surface area contributed by atoms with Crippen LogP contribution in [0.3, 0.4) is 0 Å². The maximum Gasteiger partial charge on any atom is 0.118 e. The zero-order chi connectivity index (χ0) is 12.1. The highest BCUT2D eigenvalue weighted by Gasteiger charge is 1.98. The standard InChI is InChI=1S/C14H15NOS/c1-16-12-4-8-14(9-5-12)17-13-6-2-11(10-15)3-7-13/h2-9H,10,15H2,1H3. The highest BCUT2D eigenvalue weighted by molar-refractivity contribution is 7.99. The molecule has 0 fully saturated rings. The van der Waals surface area contributed by atoms with Gasteiger partial charge in [0.1, 0.15) is 5.75 Å². The van der Waals surface area contributed by atoms with E-state index in [2.05, 4.69) is 36.4 Å². The number of hydrogen-bond acceptors (Lipinski definition) is 3. The van der Waals surface area contributed by atoms with Crippen molar-refractivity contribution in [1.82, 2.24) is 0 Å². The molecule has 0 atom stereocenters. The van der Waals surface area contributed by atoms with Gasteiger partial charge < -0.3 is 10.5 Å². The molecule has 2 rings (SSSR count). The summed E-state index contributed by atoms with van der Waals surface area (Å²) in [7, 11) is 1.67. The predicted octanol–water partition coefficient (Wildman–Crippen LogP) is 3.31. The molecule has 0 unspecified atom stereocenters. The van der Waals surface area contributed by atoms with Gasteiger partial charge in [-0.15, -0.1) is 0 Å². The Bertz CT molecular complexity index is 419. The van der Waals surface area contributed by atoms with E-state index in [-0.39, 0.29) is 0 Å². The Morgan fingerprint density at radius 1 is 0.941 bits per heavy atom. The van der Waals surface area contributed by atoms with Crippen molar-refractivity contribution >= 4 is 11.8 Å². The number of ether oxygens (including phenoxy) is 1. The molecule has 0 saturated carbocycles.